The Hall–Kier alpha value is -2.62. The summed E-state index contributed by atoms with van der Waals surface area (Å²) in [6.45, 7) is 15.3. The molecule has 0 aliphatic rings. The van der Waals surface area contributed by atoms with E-state index in [1.807, 2.05) is 36.4 Å². The predicted octanol–water partition coefficient (Wildman–Crippen LogP) is 5.06. The van der Waals surface area contributed by atoms with E-state index in [0.29, 0.717) is 18.7 Å². The molecule has 0 bridgehead atoms. The molecule has 0 heterocycles. The van der Waals surface area contributed by atoms with E-state index in [9.17, 15) is 9.59 Å². The highest BCUT2D eigenvalue weighted by atomic mass is 16.2. The minimum Gasteiger partial charge on any atom is -0.350 e. The number of nitrogens with one attached hydrogen (secondary N) is 1. The highest BCUT2D eigenvalue weighted by molar-refractivity contribution is 5.94. The van der Waals surface area contributed by atoms with Crippen LogP contribution in [-0.2, 0) is 15.6 Å². The molecule has 4 heteroatoms. The van der Waals surface area contributed by atoms with Crippen molar-refractivity contribution in [1.82, 2.24) is 5.32 Å². The van der Waals surface area contributed by atoms with Gasteiger partial charge >= 0.3 is 0 Å². The normalized spacial score (nSPS) is 11.8. The van der Waals surface area contributed by atoms with Crippen LogP contribution in [0.1, 0.15) is 70.0 Å². The molecule has 0 aromatic heterocycles. The van der Waals surface area contributed by atoms with Crippen LogP contribution in [0.5, 0.6) is 0 Å². The molecule has 0 aliphatic heterocycles. The smallest absolute Gasteiger partial charge is 0.251 e. The second kappa shape index (κ2) is 8.81. The number of anilines is 1. The zero-order valence-electron chi connectivity index (χ0n) is 18.8. The Bertz CT molecular complexity index is 838. The standard InChI is InChI=1S/C25H34N2O2/c1-18(28)27(22-14-12-21(13-15-22)25(5,6)7)17-16-26-23(29)19-8-10-20(11-9-19)24(2,3)4/h8-15H,16-17H2,1-7H3,(H,26,29). The molecule has 0 radical (unpaired) electrons. The Morgan fingerprint density at radius 1 is 0.793 bits per heavy atom. The van der Waals surface area contributed by atoms with E-state index in [-0.39, 0.29) is 22.6 Å². The molecule has 2 aromatic rings. The first-order valence-corrected chi connectivity index (χ1v) is 10.2. The molecule has 0 fully saturated rings. The lowest BCUT2D eigenvalue weighted by molar-refractivity contribution is -0.116. The fourth-order valence-electron chi connectivity index (χ4n) is 3.11. The van der Waals surface area contributed by atoms with Gasteiger partial charge in [-0.1, -0.05) is 65.8 Å². The van der Waals surface area contributed by atoms with E-state index in [0.717, 1.165) is 5.69 Å². The van der Waals surface area contributed by atoms with Gasteiger partial charge in [0.15, 0.2) is 0 Å². The van der Waals surface area contributed by atoms with Crippen LogP contribution < -0.4 is 10.2 Å². The van der Waals surface area contributed by atoms with Crippen LogP contribution in [0.2, 0.25) is 0 Å². The van der Waals surface area contributed by atoms with E-state index in [4.69, 9.17) is 0 Å². The first kappa shape index (κ1) is 22.7. The van der Waals surface area contributed by atoms with E-state index >= 15 is 0 Å². The fraction of sp³-hybridized carbons (Fsp3) is 0.440. The Labute approximate surface area is 175 Å². The summed E-state index contributed by atoms with van der Waals surface area (Å²) in [5.74, 6) is -0.172. The molecule has 2 rings (SSSR count). The van der Waals surface area contributed by atoms with Gasteiger partial charge in [0, 0.05) is 31.3 Å². The van der Waals surface area contributed by atoms with Crippen LogP contribution in [0.25, 0.3) is 0 Å². The summed E-state index contributed by atoms with van der Waals surface area (Å²) in [4.78, 5) is 26.2. The van der Waals surface area contributed by atoms with Crippen molar-refractivity contribution in [1.29, 1.82) is 0 Å². The average Bonchev–Trinajstić information content (AvgIpc) is 2.63. The first-order valence-electron chi connectivity index (χ1n) is 10.2. The molecule has 2 amide bonds. The molecular weight excluding hydrogens is 360 g/mol. The SMILES string of the molecule is CC(=O)N(CCNC(=O)c1ccc(C(C)(C)C)cc1)c1ccc(C(C)(C)C)cc1. The van der Waals surface area contributed by atoms with Gasteiger partial charge in [0.1, 0.15) is 0 Å². The van der Waals surface area contributed by atoms with Crippen molar-refractivity contribution in [2.75, 3.05) is 18.0 Å². The molecule has 0 aliphatic carbocycles. The zero-order chi connectivity index (χ0) is 21.8. The number of hydrogen-bond donors (Lipinski definition) is 1. The van der Waals surface area contributed by atoms with Crippen LogP contribution in [0, 0.1) is 0 Å². The van der Waals surface area contributed by atoms with E-state index in [1.54, 1.807) is 11.8 Å². The maximum Gasteiger partial charge on any atom is 0.251 e. The second-order valence-corrected chi connectivity index (χ2v) is 9.55. The maximum absolute atomic E-state index is 12.4. The number of carbonyl (C=O) groups is 2. The van der Waals surface area contributed by atoms with Crippen molar-refractivity contribution >= 4 is 17.5 Å². The summed E-state index contributed by atoms with van der Waals surface area (Å²) in [6.07, 6.45) is 0. The van der Waals surface area contributed by atoms with Crippen LogP contribution >= 0.6 is 0 Å². The van der Waals surface area contributed by atoms with Gasteiger partial charge in [-0.25, -0.2) is 0 Å². The summed E-state index contributed by atoms with van der Waals surface area (Å²) in [5.41, 5.74) is 4.00. The lowest BCUT2D eigenvalue weighted by Crippen LogP contribution is -2.37. The van der Waals surface area contributed by atoms with Gasteiger partial charge in [0.05, 0.1) is 0 Å². The van der Waals surface area contributed by atoms with E-state index in [1.165, 1.54) is 11.1 Å². The number of nitrogens with zero attached hydrogens (tertiary/aromatic N) is 1. The van der Waals surface area contributed by atoms with Crippen LogP contribution in [0.4, 0.5) is 5.69 Å². The van der Waals surface area contributed by atoms with Crippen molar-refractivity contribution in [3.63, 3.8) is 0 Å². The summed E-state index contributed by atoms with van der Waals surface area (Å²) in [6, 6.07) is 15.7. The molecule has 0 saturated heterocycles. The largest absolute Gasteiger partial charge is 0.350 e. The fourth-order valence-corrected chi connectivity index (χ4v) is 3.11. The van der Waals surface area contributed by atoms with Crippen molar-refractivity contribution in [3.8, 4) is 0 Å². The summed E-state index contributed by atoms with van der Waals surface area (Å²) in [7, 11) is 0. The molecule has 4 nitrogen and oxygen atoms in total. The number of benzene rings is 2. The third kappa shape index (κ3) is 6.18. The minimum absolute atomic E-state index is 0.0442. The summed E-state index contributed by atoms with van der Waals surface area (Å²) >= 11 is 0. The zero-order valence-corrected chi connectivity index (χ0v) is 18.8. The van der Waals surface area contributed by atoms with Gasteiger partial charge in [-0.15, -0.1) is 0 Å². The first-order chi connectivity index (χ1) is 13.4. The number of carbonyl (C=O) groups excluding carboxylic acids is 2. The minimum atomic E-state index is -0.128. The van der Waals surface area contributed by atoms with Crippen LogP contribution in [0.15, 0.2) is 48.5 Å². The Kier molecular flexibility index (Phi) is 6.89. The molecular formula is C25H34N2O2. The van der Waals surface area contributed by atoms with Crippen molar-refractivity contribution in [2.24, 2.45) is 0 Å². The summed E-state index contributed by atoms with van der Waals surface area (Å²) in [5, 5.41) is 2.92. The highest BCUT2D eigenvalue weighted by Gasteiger charge is 2.17. The predicted molar refractivity (Wildman–Crippen MR) is 121 cm³/mol. The lowest BCUT2D eigenvalue weighted by atomic mass is 9.87. The lowest BCUT2D eigenvalue weighted by Gasteiger charge is -2.24. The molecule has 2 aromatic carbocycles. The molecule has 0 atom stereocenters. The number of amides is 2. The molecule has 0 saturated carbocycles. The molecule has 29 heavy (non-hydrogen) atoms. The Balaban J connectivity index is 1.99. The quantitative estimate of drug-likeness (QED) is 0.770. The number of rotatable bonds is 5. The Morgan fingerprint density at radius 2 is 1.24 bits per heavy atom. The van der Waals surface area contributed by atoms with Gasteiger partial charge < -0.3 is 10.2 Å². The van der Waals surface area contributed by atoms with Crippen LogP contribution in [0.3, 0.4) is 0 Å². The van der Waals surface area contributed by atoms with E-state index in [2.05, 4.69) is 59.0 Å². The highest BCUT2D eigenvalue weighted by Crippen LogP contribution is 2.25. The summed E-state index contributed by atoms with van der Waals surface area (Å²) < 4.78 is 0. The monoisotopic (exact) mass is 394 g/mol. The topological polar surface area (TPSA) is 49.4 Å². The molecule has 156 valence electrons. The van der Waals surface area contributed by atoms with Crippen molar-refractivity contribution in [2.45, 2.75) is 59.3 Å². The second-order valence-electron chi connectivity index (χ2n) is 9.55. The number of hydrogen-bond acceptors (Lipinski definition) is 2. The van der Waals surface area contributed by atoms with Crippen molar-refractivity contribution < 1.29 is 9.59 Å². The molecule has 0 unspecified atom stereocenters. The third-order valence-electron chi connectivity index (χ3n) is 5.06. The van der Waals surface area contributed by atoms with Crippen molar-refractivity contribution in [3.05, 3.63) is 65.2 Å². The van der Waals surface area contributed by atoms with Gasteiger partial charge in [0.25, 0.3) is 5.91 Å². The molecule has 0 spiro atoms. The van der Waals surface area contributed by atoms with Gasteiger partial charge in [0.2, 0.25) is 5.91 Å². The van der Waals surface area contributed by atoms with Gasteiger partial charge in [-0.3, -0.25) is 9.59 Å². The average molecular weight is 395 g/mol. The molecule has 1 N–H and O–H groups in total. The maximum atomic E-state index is 12.4. The Morgan fingerprint density at radius 3 is 1.66 bits per heavy atom. The third-order valence-corrected chi connectivity index (χ3v) is 5.06. The van der Waals surface area contributed by atoms with Gasteiger partial charge in [-0.2, -0.15) is 0 Å². The van der Waals surface area contributed by atoms with Crippen LogP contribution in [-0.4, -0.2) is 24.9 Å². The van der Waals surface area contributed by atoms with Gasteiger partial charge in [-0.05, 0) is 46.2 Å². The van der Waals surface area contributed by atoms with E-state index < -0.39 is 0 Å².